The van der Waals surface area contributed by atoms with E-state index in [2.05, 4.69) is 25.8 Å². The summed E-state index contributed by atoms with van der Waals surface area (Å²) in [6.07, 6.45) is 1.49. The van der Waals surface area contributed by atoms with Crippen LogP contribution in [0.15, 0.2) is 53.5 Å². The summed E-state index contributed by atoms with van der Waals surface area (Å²) in [5.74, 6) is -0.245. The molecule has 1 saturated heterocycles. The largest absolute Gasteiger partial charge is 0.467 e. The summed E-state index contributed by atoms with van der Waals surface area (Å²) >= 11 is 0. The number of alkyl carbamates (subject to hydrolysis) is 1. The molecule has 2 aromatic carbocycles. The first-order valence-corrected chi connectivity index (χ1v) is 13.2. The number of hydrogen-bond donors (Lipinski definition) is 4. The maximum absolute atomic E-state index is 12.9. The number of carbonyl (C=O) groups excluding carboxylic acids is 3. The number of hydrogen-bond acceptors (Lipinski definition) is 9. The van der Waals surface area contributed by atoms with E-state index in [1.807, 2.05) is 48.5 Å². The summed E-state index contributed by atoms with van der Waals surface area (Å²) < 4.78 is 9.98. The molecule has 0 saturated carbocycles. The van der Waals surface area contributed by atoms with Crippen LogP contribution in [-0.2, 0) is 25.7 Å². The first-order chi connectivity index (χ1) is 19.0. The van der Waals surface area contributed by atoms with Crippen molar-refractivity contribution in [1.29, 1.82) is 0 Å². The molecule has 0 aliphatic carbocycles. The van der Waals surface area contributed by atoms with E-state index in [0.29, 0.717) is 31.6 Å². The van der Waals surface area contributed by atoms with Gasteiger partial charge in [-0.25, -0.2) is 9.59 Å². The maximum atomic E-state index is 12.9. The molecule has 2 heterocycles. The molecule has 5 N–H and O–H groups in total. The Bertz CT molecular complexity index is 1180. The Kier molecular flexibility index (Phi) is 9.60. The summed E-state index contributed by atoms with van der Waals surface area (Å²) in [5, 5.41) is 8.58. The van der Waals surface area contributed by atoms with E-state index < -0.39 is 18.1 Å². The third kappa shape index (κ3) is 7.40. The second-order valence-corrected chi connectivity index (χ2v) is 9.54. The Morgan fingerprint density at radius 3 is 2.59 bits per heavy atom. The van der Waals surface area contributed by atoms with Crippen LogP contribution in [0.5, 0.6) is 0 Å². The fourth-order valence-corrected chi connectivity index (χ4v) is 4.72. The number of piperidine rings is 1. The summed E-state index contributed by atoms with van der Waals surface area (Å²) in [5.41, 5.74) is 9.86. The molecule has 2 aliphatic heterocycles. The van der Waals surface area contributed by atoms with Crippen LogP contribution in [0.1, 0.15) is 30.4 Å². The van der Waals surface area contributed by atoms with Crippen LogP contribution in [0, 0.1) is 5.92 Å². The Hall–Kier alpha value is -4.28. The number of ether oxygens (including phenoxy) is 2. The topological polar surface area (TPSA) is 147 Å². The van der Waals surface area contributed by atoms with Crippen LogP contribution in [-0.4, -0.2) is 69.7 Å². The lowest BCUT2D eigenvalue weighted by atomic mass is 9.95. The van der Waals surface area contributed by atoms with Crippen molar-refractivity contribution < 1.29 is 23.9 Å². The summed E-state index contributed by atoms with van der Waals surface area (Å²) in [6.45, 7) is 2.95. The number of amidine groups is 1. The normalized spacial score (nSPS) is 16.3. The van der Waals surface area contributed by atoms with Crippen molar-refractivity contribution in [2.24, 2.45) is 10.9 Å². The lowest BCUT2D eigenvalue weighted by molar-refractivity contribution is -0.143. The first-order valence-electron chi connectivity index (χ1n) is 13.2. The van der Waals surface area contributed by atoms with E-state index in [4.69, 9.17) is 15.2 Å². The first kappa shape index (κ1) is 27.7. The van der Waals surface area contributed by atoms with Gasteiger partial charge < -0.3 is 36.1 Å². The molecule has 0 spiro atoms. The number of amides is 2. The molecule has 2 aromatic rings. The van der Waals surface area contributed by atoms with Gasteiger partial charge in [-0.3, -0.25) is 9.79 Å². The zero-order chi connectivity index (χ0) is 27.6. The smallest absolute Gasteiger partial charge is 0.408 e. The number of rotatable bonds is 9. The molecule has 1 atom stereocenters. The number of methoxy groups -OCH3 is 1. The number of carbonyl (C=O) groups is 3. The molecule has 11 nitrogen and oxygen atoms in total. The Labute approximate surface area is 228 Å². The van der Waals surface area contributed by atoms with Gasteiger partial charge in [-0.2, -0.15) is 0 Å². The highest BCUT2D eigenvalue weighted by molar-refractivity contribution is 6.05. The van der Waals surface area contributed by atoms with Gasteiger partial charge in [0, 0.05) is 44.2 Å². The van der Waals surface area contributed by atoms with Gasteiger partial charge in [0.05, 0.1) is 18.5 Å². The van der Waals surface area contributed by atoms with Gasteiger partial charge in [0.15, 0.2) is 0 Å². The van der Waals surface area contributed by atoms with Gasteiger partial charge in [0.1, 0.15) is 18.5 Å². The minimum Gasteiger partial charge on any atom is -0.467 e. The molecule has 0 bridgehead atoms. The number of esters is 1. The molecule has 2 aliphatic rings. The fourth-order valence-electron chi connectivity index (χ4n) is 4.72. The number of nitrogen functional groups attached to an aromatic ring is 1. The van der Waals surface area contributed by atoms with Gasteiger partial charge in [-0.1, -0.05) is 36.4 Å². The summed E-state index contributed by atoms with van der Waals surface area (Å²) in [4.78, 5) is 44.1. The quantitative estimate of drug-likeness (QED) is 0.280. The molecule has 0 aromatic heterocycles. The van der Waals surface area contributed by atoms with E-state index in [-0.39, 0.29) is 25.0 Å². The fraction of sp³-hybridized carbons (Fsp3) is 0.429. The van der Waals surface area contributed by atoms with Crippen molar-refractivity contribution in [2.45, 2.75) is 31.9 Å². The van der Waals surface area contributed by atoms with Gasteiger partial charge >= 0.3 is 12.1 Å². The van der Waals surface area contributed by atoms with Crippen molar-refractivity contribution in [3.05, 3.63) is 59.7 Å². The van der Waals surface area contributed by atoms with Crippen molar-refractivity contribution in [3.8, 4) is 0 Å². The highest BCUT2D eigenvalue weighted by atomic mass is 16.6. The van der Waals surface area contributed by atoms with Gasteiger partial charge in [0.2, 0.25) is 5.91 Å². The second kappa shape index (κ2) is 13.5. The third-order valence-corrected chi connectivity index (χ3v) is 6.91. The van der Waals surface area contributed by atoms with Crippen LogP contribution in [0.2, 0.25) is 0 Å². The number of nitrogens with zero attached hydrogens (tertiary/aromatic N) is 2. The Morgan fingerprint density at radius 1 is 1.13 bits per heavy atom. The monoisotopic (exact) mass is 536 g/mol. The van der Waals surface area contributed by atoms with Crippen LogP contribution in [0.25, 0.3) is 0 Å². The lowest BCUT2D eigenvalue weighted by Gasteiger charge is -2.34. The van der Waals surface area contributed by atoms with E-state index >= 15 is 0 Å². The van der Waals surface area contributed by atoms with Crippen LogP contribution in [0.3, 0.4) is 0 Å². The van der Waals surface area contributed by atoms with Gasteiger partial charge in [-0.05, 0) is 37.0 Å². The average molecular weight is 537 g/mol. The minimum atomic E-state index is -1.07. The zero-order valence-electron chi connectivity index (χ0n) is 22.2. The van der Waals surface area contributed by atoms with Crippen LogP contribution < -0.4 is 26.6 Å². The zero-order valence-corrected chi connectivity index (χ0v) is 22.2. The van der Waals surface area contributed by atoms with Crippen LogP contribution >= 0.6 is 0 Å². The Morgan fingerprint density at radius 2 is 1.90 bits per heavy atom. The molecule has 4 rings (SSSR count). The molecule has 0 unspecified atom stereocenters. The standard InChI is InChI=1S/C28H36N6O5/c1-38-27(36)22(33-28(37)39-18-19-7-3-2-4-8-19)17-32-26(35)20-11-15-34(16-12-20)23-10-5-9-21(24(23)29)25-30-13-6-14-31-25/h2-5,7-10,20,22H,6,11-18,29H2,1H3,(H,30,31)(H,32,35)(H,33,37)/t22-/m0/s1. The molecule has 208 valence electrons. The third-order valence-electron chi connectivity index (χ3n) is 6.91. The molecule has 2 amide bonds. The van der Waals surface area contributed by atoms with Gasteiger partial charge in [0.25, 0.3) is 0 Å². The van der Waals surface area contributed by atoms with E-state index in [0.717, 1.165) is 42.2 Å². The number of benzene rings is 2. The van der Waals surface area contributed by atoms with Crippen molar-refractivity contribution in [1.82, 2.24) is 16.0 Å². The maximum Gasteiger partial charge on any atom is 0.408 e. The molecular formula is C28H36N6O5. The van der Waals surface area contributed by atoms with Crippen molar-refractivity contribution in [3.63, 3.8) is 0 Å². The minimum absolute atomic E-state index is 0.0591. The number of para-hydroxylation sites is 1. The summed E-state index contributed by atoms with van der Waals surface area (Å²) in [7, 11) is 1.22. The average Bonchev–Trinajstić information content (AvgIpc) is 2.99. The number of anilines is 2. The second-order valence-electron chi connectivity index (χ2n) is 9.54. The molecule has 39 heavy (non-hydrogen) atoms. The molecular weight excluding hydrogens is 500 g/mol. The number of aliphatic imine (C=N–C) groups is 1. The van der Waals surface area contributed by atoms with E-state index in [1.54, 1.807) is 0 Å². The van der Waals surface area contributed by atoms with Gasteiger partial charge in [-0.15, -0.1) is 0 Å². The SMILES string of the molecule is COC(=O)[C@H](CNC(=O)C1CCN(c2cccc(C3=NCCCN3)c2N)CC1)NC(=O)OCc1ccccc1. The molecule has 0 radical (unpaired) electrons. The van der Waals surface area contributed by atoms with Crippen molar-refractivity contribution in [2.75, 3.05) is 50.5 Å². The predicted octanol–water partition coefficient (Wildman–Crippen LogP) is 1.81. The van der Waals surface area contributed by atoms with E-state index in [9.17, 15) is 14.4 Å². The van der Waals surface area contributed by atoms with Crippen molar-refractivity contribution >= 4 is 35.2 Å². The highest BCUT2D eigenvalue weighted by Crippen LogP contribution is 2.31. The van der Waals surface area contributed by atoms with Crippen LogP contribution in [0.4, 0.5) is 16.2 Å². The number of nitrogens with two attached hydrogens (primary N) is 1. The predicted molar refractivity (Wildman–Crippen MR) is 148 cm³/mol. The molecule has 11 heteroatoms. The summed E-state index contributed by atoms with van der Waals surface area (Å²) in [6, 6.07) is 14.1. The highest BCUT2D eigenvalue weighted by Gasteiger charge is 2.29. The molecule has 1 fully saturated rings. The Balaban J connectivity index is 1.27. The van der Waals surface area contributed by atoms with E-state index in [1.165, 1.54) is 7.11 Å². The number of nitrogens with one attached hydrogen (secondary N) is 3. The lowest BCUT2D eigenvalue weighted by Crippen LogP contribution is -2.50.